The number of hydrogen-bond acceptors (Lipinski definition) is 3. The second-order valence-electron chi connectivity index (χ2n) is 7.56. The van der Waals surface area contributed by atoms with Crippen LogP contribution in [0.15, 0.2) is 78.9 Å². The maximum absolute atomic E-state index is 13.2. The molecule has 0 saturated carbocycles. The molecule has 1 amide bonds. The van der Waals surface area contributed by atoms with Gasteiger partial charge in [-0.05, 0) is 66.9 Å². The Labute approximate surface area is 182 Å². The topological polar surface area (TPSA) is 51.2 Å². The highest BCUT2D eigenvalue weighted by Crippen LogP contribution is 2.27. The summed E-state index contributed by atoms with van der Waals surface area (Å²) in [6.45, 7) is 2.19. The van der Waals surface area contributed by atoms with Gasteiger partial charge >= 0.3 is 0 Å². The van der Waals surface area contributed by atoms with Gasteiger partial charge in [0.15, 0.2) is 0 Å². The standard InChI is InChI=1S/C27H26N2O2/c1-3-4-7-19-10-14-21(15-11-19)28-27(30)24-18-26(20-12-16-22(31-2)17-13-20)29-25-9-6-5-8-23(24)25/h5-6,8-18H,3-4,7H2,1-2H3,(H,28,30). The van der Waals surface area contributed by atoms with Gasteiger partial charge in [0.25, 0.3) is 5.91 Å². The fourth-order valence-electron chi connectivity index (χ4n) is 3.61. The lowest BCUT2D eigenvalue weighted by Gasteiger charge is -2.11. The SMILES string of the molecule is CCCCc1ccc(NC(=O)c2cc(-c3ccc(OC)cc3)nc3ccccc23)cc1. The first-order chi connectivity index (χ1) is 15.2. The predicted octanol–water partition coefficient (Wildman–Crippen LogP) is 6.51. The van der Waals surface area contributed by atoms with Crippen LogP contribution in [-0.2, 0) is 6.42 Å². The molecule has 1 heterocycles. The predicted molar refractivity (Wildman–Crippen MR) is 127 cm³/mol. The van der Waals surface area contributed by atoms with Crippen LogP contribution in [-0.4, -0.2) is 18.0 Å². The summed E-state index contributed by atoms with van der Waals surface area (Å²) in [7, 11) is 1.64. The first kappa shape index (κ1) is 20.6. The number of aryl methyl sites for hydroxylation is 1. The Morgan fingerprint density at radius 1 is 0.968 bits per heavy atom. The number of pyridine rings is 1. The molecule has 0 spiro atoms. The fourth-order valence-corrected chi connectivity index (χ4v) is 3.61. The molecule has 0 atom stereocenters. The molecule has 1 aromatic heterocycles. The van der Waals surface area contributed by atoms with Crippen LogP contribution in [0, 0.1) is 0 Å². The zero-order valence-corrected chi connectivity index (χ0v) is 17.9. The molecule has 0 aliphatic rings. The summed E-state index contributed by atoms with van der Waals surface area (Å²) < 4.78 is 5.25. The number of rotatable bonds is 7. The number of fused-ring (bicyclic) bond motifs is 1. The van der Waals surface area contributed by atoms with E-state index in [1.54, 1.807) is 7.11 Å². The highest BCUT2D eigenvalue weighted by atomic mass is 16.5. The number of nitrogens with one attached hydrogen (secondary N) is 1. The van der Waals surface area contributed by atoms with Gasteiger partial charge in [0, 0.05) is 16.6 Å². The second kappa shape index (κ2) is 9.43. The third kappa shape index (κ3) is 4.75. The molecule has 156 valence electrons. The summed E-state index contributed by atoms with van der Waals surface area (Å²) in [5, 5.41) is 3.87. The second-order valence-corrected chi connectivity index (χ2v) is 7.56. The molecule has 1 N–H and O–H groups in total. The Morgan fingerprint density at radius 3 is 2.42 bits per heavy atom. The lowest BCUT2D eigenvalue weighted by Crippen LogP contribution is -2.13. The molecule has 0 radical (unpaired) electrons. The molecule has 3 aromatic carbocycles. The van der Waals surface area contributed by atoms with Crippen molar-refractivity contribution in [1.82, 2.24) is 4.98 Å². The van der Waals surface area contributed by atoms with Crippen LogP contribution in [0.5, 0.6) is 5.75 Å². The van der Waals surface area contributed by atoms with Crippen molar-refractivity contribution in [2.75, 3.05) is 12.4 Å². The smallest absolute Gasteiger partial charge is 0.256 e. The number of amides is 1. The Hall–Kier alpha value is -3.66. The molecule has 0 aliphatic heterocycles. The van der Waals surface area contributed by atoms with E-state index in [0.29, 0.717) is 5.56 Å². The minimum Gasteiger partial charge on any atom is -0.497 e. The fraction of sp³-hybridized carbons (Fsp3) is 0.185. The average molecular weight is 411 g/mol. The Morgan fingerprint density at radius 2 is 1.71 bits per heavy atom. The molecule has 0 fully saturated rings. The molecule has 0 bridgehead atoms. The minimum atomic E-state index is -0.144. The Balaban J connectivity index is 1.66. The molecule has 4 rings (SSSR count). The molecule has 4 aromatic rings. The molecule has 0 unspecified atom stereocenters. The van der Waals surface area contributed by atoms with Gasteiger partial charge in [0.05, 0.1) is 23.9 Å². The number of nitrogens with zero attached hydrogens (tertiary/aromatic N) is 1. The number of aromatic nitrogens is 1. The van der Waals surface area contributed by atoms with E-state index in [1.807, 2.05) is 66.7 Å². The van der Waals surface area contributed by atoms with Crippen LogP contribution in [0.25, 0.3) is 22.2 Å². The van der Waals surface area contributed by atoms with Gasteiger partial charge in [-0.25, -0.2) is 4.98 Å². The van der Waals surface area contributed by atoms with Gasteiger partial charge in [-0.1, -0.05) is 43.7 Å². The van der Waals surface area contributed by atoms with E-state index >= 15 is 0 Å². The Kier molecular flexibility index (Phi) is 6.27. The number of para-hydroxylation sites is 1. The molecule has 4 nitrogen and oxygen atoms in total. The van der Waals surface area contributed by atoms with Crippen molar-refractivity contribution in [3.8, 4) is 17.0 Å². The summed E-state index contributed by atoms with van der Waals surface area (Å²) in [5.74, 6) is 0.638. The quantitative estimate of drug-likeness (QED) is 0.378. The van der Waals surface area contributed by atoms with Crippen molar-refractivity contribution in [2.45, 2.75) is 26.2 Å². The first-order valence-electron chi connectivity index (χ1n) is 10.6. The largest absolute Gasteiger partial charge is 0.497 e. The van der Waals surface area contributed by atoms with Crippen LogP contribution in [0.3, 0.4) is 0 Å². The van der Waals surface area contributed by atoms with Gasteiger partial charge in [-0.3, -0.25) is 4.79 Å². The number of unbranched alkanes of at least 4 members (excludes halogenated alkanes) is 1. The van der Waals surface area contributed by atoms with Gasteiger partial charge in [0.2, 0.25) is 0 Å². The van der Waals surface area contributed by atoms with E-state index in [-0.39, 0.29) is 5.91 Å². The van der Waals surface area contributed by atoms with Crippen LogP contribution < -0.4 is 10.1 Å². The molecule has 31 heavy (non-hydrogen) atoms. The summed E-state index contributed by atoms with van der Waals surface area (Å²) >= 11 is 0. The van der Waals surface area contributed by atoms with E-state index in [9.17, 15) is 4.79 Å². The van der Waals surface area contributed by atoms with Gasteiger partial charge in [-0.2, -0.15) is 0 Å². The van der Waals surface area contributed by atoms with Crippen molar-refractivity contribution < 1.29 is 9.53 Å². The summed E-state index contributed by atoms with van der Waals surface area (Å²) in [6.07, 6.45) is 3.40. The summed E-state index contributed by atoms with van der Waals surface area (Å²) in [4.78, 5) is 18.0. The van der Waals surface area contributed by atoms with Gasteiger partial charge < -0.3 is 10.1 Å². The zero-order chi connectivity index (χ0) is 21.6. The van der Waals surface area contributed by atoms with E-state index in [4.69, 9.17) is 9.72 Å². The zero-order valence-electron chi connectivity index (χ0n) is 17.9. The maximum Gasteiger partial charge on any atom is 0.256 e. The first-order valence-corrected chi connectivity index (χ1v) is 10.6. The van der Waals surface area contributed by atoms with Crippen LogP contribution in [0.4, 0.5) is 5.69 Å². The third-order valence-electron chi connectivity index (χ3n) is 5.38. The number of methoxy groups -OCH3 is 1. The Bertz CT molecular complexity index is 1180. The van der Waals surface area contributed by atoms with Crippen molar-refractivity contribution in [2.24, 2.45) is 0 Å². The highest BCUT2D eigenvalue weighted by Gasteiger charge is 2.14. The number of carbonyl (C=O) groups is 1. The number of benzene rings is 3. The van der Waals surface area contributed by atoms with E-state index in [1.165, 1.54) is 18.4 Å². The minimum absolute atomic E-state index is 0.144. The molecule has 4 heteroatoms. The van der Waals surface area contributed by atoms with E-state index in [0.717, 1.165) is 40.0 Å². The van der Waals surface area contributed by atoms with Crippen molar-refractivity contribution in [1.29, 1.82) is 0 Å². The van der Waals surface area contributed by atoms with Crippen LogP contribution in [0.1, 0.15) is 35.7 Å². The van der Waals surface area contributed by atoms with Crippen molar-refractivity contribution >= 4 is 22.5 Å². The van der Waals surface area contributed by atoms with Gasteiger partial charge in [0.1, 0.15) is 5.75 Å². The number of ether oxygens (including phenoxy) is 1. The van der Waals surface area contributed by atoms with Crippen LogP contribution in [0.2, 0.25) is 0 Å². The van der Waals surface area contributed by atoms with E-state index in [2.05, 4.69) is 24.4 Å². The monoisotopic (exact) mass is 410 g/mol. The molecular formula is C27H26N2O2. The lowest BCUT2D eigenvalue weighted by atomic mass is 10.0. The van der Waals surface area contributed by atoms with Gasteiger partial charge in [-0.15, -0.1) is 0 Å². The van der Waals surface area contributed by atoms with Crippen molar-refractivity contribution in [3.05, 3.63) is 90.0 Å². The number of anilines is 1. The molecular weight excluding hydrogens is 384 g/mol. The molecule has 0 aliphatic carbocycles. The summed E-state index contributed by atoms with van der Waals surface area (Å²) in [6, 6.07) is 25.4. The lowest BCUT2D eigenvalue weighted by molar-refractivity contribution is 0.102. The third-order valence-corrected chi connectivity index (χ3v) is 5.38. The number of carbonyl (C=O) groups excluding carboxylic acids is 1. The van der Waals surface area contributed by atoms with E-state index < -0.39 is 0 Å². The normalized spacial score (nSPS) is 10.8. The van der Waals surface area contributed by atoms with Crippen molar-refractivity contribution in [3.63, 3.8) is 0 Å². The highest BCUT2D eigenvalue weighted by molar-refractivity contribution is 6.13. The van der Waals surface area contributed by atoms with Crippen LogP contribution >= 0.6 is 0 Å². The molecule has 0 saturated heterocycles. The maximum atomic E-state index is 13.2. The number of hydrogen-bond donors (Lipinski definition) is 1. The average Bonchev–Trinajstić information content (AvgIpc) is 2.83. The summed E-state index contributed by atoms with van der Waals surface area (Å²) in [5.41, 5.74) is 5.15.